The number of hydrogen-bond donors (Lipinski definition) is 2. The lowest BCUT2D eigenvalue weighted by molar-refractivity contribution is -0.143. The Labute approximate surface area is 204 Å². The number of benzene rings is 2. The Kier molecular flexibility index (Phi) is 5.71. The molecule has 5 rings (SSSR count). The number of carboxylic acid groups (broad SMARTS) is 1. The molecule has 2 aromatic carbocycles. The van der Waals surface area contributed by atoms with Crippen LogP contribution >= 0.6 is 0 Å². The van der Waals surface area contributed by atoms with E-state index in [1.165, 1.54) is 13.1 Å². The molecule has 2 heterocycles. The number of rotatable bonds is 6. The highest BCUT2D eigenvalue weighted by Crippen LogP contribution is 2.44. The van der Waals surface area contributed by atoms with E-state index in [2.05, 4.69) is 10.3 Å². The number of fused-ring (bicyclic) bond motifs is 3. The van der Waals surface area contributed by atoms with Gasteiger partial charge < -0.3 is 15.4 Å². The van der Waals surface area contributed by atoms with Gasteiger partial charge in [0.05, 0.1) is 17.4 Å². The summed E-state index contributed by atoms with van der Waals surface area (Å²) in [6, 6.07) is 13.8. The van der Waals surface area contributed by atoms with E-state index >= 15 is 0 Å². The van der Waals surface area contributed by atoms with E-state index in [1.807, 2.05) is 18.2 Å². The summed E-state index contributed by atoms with van der Waals surface area (Å²) in [6.07, 6.45) is -1.72. The molecule has 186 valence electrons. The minimum atomic E-state index is -4.67. The number of aliphatic carboxylic acids is 1. The topological polar surface area (TPSA) is 107 Å². The molecule has 0 unspecified atom stereocenters. The summed E-state index contributed by atoms with van der Waals surface area (Å²) in [5.41, 5.74) is 7.53. The van der Waals surface area contributed by atoms with Gasteiger partial charge in [-0.1, -0.05) is 41.6 Å². The number of aromatic nitrogens is 3. The number of para-hydroxylation sites is 1. The third kappa shape index (κ3) is 4.17. The lowest BCUT2D eigenvalue weighted by Crippen LogP contribution is -2.45. The molecule has 1 aliphatic rings. The second kappa shape index (κ2) is 8.63. The highest BCUT2D eigenvalue weighted by atomic mass is 19.4. The van der Waals surface area contributed by atoms with Gasteiger partial charge in [0.1, 0.15) is 11.2 Å². The van der Waals surface area contributed by atoms with Gasteiger partial charge in [0.25, 0.3) is 0 Å². The quantitative estimate of drug-likeness (QED) is 0.387. The van der Waals surface area contributed by atoms with E-state index in [4.69, 9.17) is 10.3 Å². The average Bonchev–Trinajstić information content (AvgIpc) is 3.47. The van der Waals surface area contributed by atoms with Crippen molar-refractivity contribution >= 4 is 5.97 Å². The van der Waals surface area contributed by atoms with Gasteiger partial charge in [0.15, 0.2) is 11.5 Å². The van der Waals surface area contributed by atoms with Crippen LogP contribution in [0.2, 0.25) is 0 Å². The van der Waals surface area contributed by atoms with Gasteiger partial charge in [-0.15, -0.1) is 0 Å². The summed E-state index contributed by atoms with van der Waals surface area (Å²) in [5.74, 6) is -0.997. The first-order valence-electron chi connectivity index (χ1n) is 11.4. The Morgan fingerprint density at radius 2 is 1.89 bits per heavy atom. The Bertz CT molecular complexity index is 1440. The summed E-state index contributed by atoms with van der Waals surface area (Å²) in [4.78, 5) is 11.3. The third-order valence-electron chi connectivity index (χ3n) is 6.56. The van der Waals surface area contributed by atoms with Crippen molar-refractivity contribution in [2.75, 3.05) is 0 Å². The fourth-order valence-corrected chi connectivity index (χ4v) is 4.53. The van der Waals surface area contributed by atoms with Crippen molar-refractivity contribution in [3.05, 3.63) is 77.1 Å². The fraction of sp³-hybridized carbons (Fsp3) is 0.269. The van der Waals surface area contributed by atoms with Crippen molar-refractivity contribution in [3.63, 3.8) is 0 Å². The van der Waals surface area contributed by atoms with E-state index in [1.54, 1.807) is 30.3 Å². The summed E-state index contributed by atoms with van der Waals surface area (Å²) >= 11 is 0. The molecule has 0 amide bonds. The van der Waals surface area contributed by atoms with Gasteiger partial charge in [-0.3, -0.25) is 4.79 Å². The minimum absolute atomic E-state index is 0.0644. The van der Waals surface area contributed by atoms with Crippen LogP contribution in [0.1, 0.15) is 35.7 Å². The maximum atomic E-state index is 14.2. The Balaban J connectivity index is 1.51. The molecule has 0 saturated heterocycles. The van der Waals surface area contributed by atoms with Crippen LogP contribution in [0.4, 0.5) is 13.2 Å². The predicted molar refractivity (Wildman–Crippen MR) is 125 cm³/mol. The smallest absolute Gasteiger partial charge is 0.434 e. The van der Waals surface area contributed by atoms with Crippen molar-refractivity contribution in [3.8, 4) is 28.3 Å². The van der Waals surface area contributed by atoms with E-state index < -0.39 is 23.4 Å². The van der Waals surface area contributed by atoms with Crippen molar-refractivity contribution < 1.29 is 27.6 Å². The maximum Gasteiger partial charge on any atom is 0.434 e. The van der Waals surface area contributed by atoms with Crippen LogP contribution in [0, 0.1) is 0 Å². The highest BCUT2D eigenvalue weighted by molar-refractivity contribution is 5.78. The maximum absolute atomic E-state index is 14.2. The molecule has 36 heavy (non-hydrogen) atoms. The molecule has 0 bridgehead atoms. The van der Waals surface area contributed by atoms with Crippen molar-refractivity contribution in [2.45, 2.75) is 44.3 Å². The van der Waals surface area contributed by atoms with Crippen LogP contribution in [0.5, 0.6) is 0 Å². The lowest BCUT2D eigenvalue weighted by Gasteiger charge is -2.20. The second-order valence-corrected chi connectivity index (χ2v) is 9.20. The summed E-state index contributed by atoms with van der Waals surface area (Å²) < 4.78 is 48.9. The van der Waals surface area contributed by atoms with Gasteiger partial charge in [0.2, 0.25) is 0 Å². The molecule has 0 spiro atoms. The van der Waals surface area contributed by atoms with Crippen LogP contribution in [0.15, 0.2) is 59.3 Å². The van der Waals surface area contributed by atoms with Crippen LogP contribution in [-0.2, 0) is 30.2 Å². The van der Waals surface area contributed by atoms with Gasteiger partial charge >= 0.3 is 12.1 Å². The van der Waals surface area contributed by atoms with Gasteiger partial charge in [-0.25, -0.2) is 4.68 Å². The number of carboxylic acids is 1. The fourth-order valence-electron chi connectivity index (χ4n) is 4.53. The number of nitrogens with two attached hydrogens (primary N) is 1. The highest BCUT2D eigenvalue weighted by Gasteiger charge is 2.41. The van der Waals surface area contributed by atoms with Crippen molar-refractivity contribution in [1.29, 1.82) is 0 Å². The summed E-state index contributed by atoms with van der Waals surface area (Å²) in [5, 5.41) is 17.4. The Hall–Kier alpha value is -3.92. The first-order chi connectivity index (χ1) is 17.1. The van der Waals surface area contributed by atoms with Gasteiger partial charge in [-0.2, -0.15) is 18.3 Å². The molecule has 0 fully saturated rings. The molecule has 1 atom stereocenters. The zero-order valence-corrected chi connectivity index (χ0v) is 19.3. The number of halogens is 3. The monoisotopic (exact) mass is 496 g/mol. The second-order valence-electron chi connectivity index (χ2n) is 9.20. The first kappa shape index (κ1) is 23.8. The Morgan fingerprint density at radius 1 is 1.14 bits per heavy atom. The van der Waals surface area contributed by atoms with Crippen LogP contribution in [0.3, 0.4) is 0 Å². The number of hydrogen-bond acceptors (Lipinski definition) is 5. The lowest BCUT2D eigenvalue weighted by atomic mass is 9.86. The standard InChI is InChI=1S/C26H23F3N4O3/c1-25(30,24(34)35)12-11-15-7-9-18-16(13-15)8-10-19-21(18)32-36-22(19)20-14-31-33(23(20)26(27,28)29)17-5-3-2-4-6-17/h2-7,9,13-14H,8,10-12,30H2,1H3,(H,34,35)/t25-/m0/s1. The predicted octanol–water partition coefficient (Wildman–Crippen LogP) is 5.05. The normalized spacial score (nSPS) is 14.7. The van der Waals surface area contributed by atoms with E-state index in [0.717, 1.165) is 21.4 Å². The van der Waals surface area contributed by atoms with Crippen molar-refractivity contribution in [1.82, 2.24) is 14.9 Å². The molecule has 0 aliphatic heterocycles. The minimum Gasteiger partial charge on any atom is -0.480 e. The summed E-state index contributed by atoms with van der Waals surface area (Å²) in [7, 11) is 0. The molecule has 10 heteroatoms. The van der Waals surface area contributed by atoms with E-state index in [0.29, 0.717) is 36.2 Å². The molecule has 2 aromatic heterocycles. The zero-order valence-electron chi connectivity index (χ0n) is 19.3. The van der Waals surface area contributed by atoms with Gasteiger partial charge in [-0.05, 0) is 55.9 Å². The van der Waals surface area contributed by atoms with Crippen molar-refractivity contribution in [2.24, 2.45) is 5.73 Å². The van der Waals surface area contributed by atoms with Crippen LogP contribution < -0.4 is 5.73 Å². The number of aryl methyl sites for hydroxylation is 2. The molecule has 4 aromatic rings. The summed E-state index contributed by atoms with van der Waals surface area (Å²) in [6.45, 7) is 1.48. The average molecular weight is 496 g/mol. The van der Waals surface area contributed by atoms with Gasteiger partial charge in [0, 0.05) is 11.1 Å². The van der Waals surface area contributed by atoms with E-state index in [-0.39, 0.29) is 17.7 Å². The zero-order chi connectivity index (χ0) is 25.7. The first-order valence-corrected chi connectivity index (χ1v) is 11.4. The number of nitrogens with zero attached hydrogens (tertiary/aromatic N) is 3. The van der Waals surface area contributed by atoms with Crippen LogP contribution in [-0.4, -0.2) is 31.6 Å². The molecule has 0 radical (unpaired) electrons. The molecule has 7 nitrogen and oxygen atoms in total. The number of carbonyl (C=O) groups is 1. The van der Waals surface area contributed by atoms with E-state index in [9.17, 15) is 23.1 Å². The molecule has 0 saturated carbocycles. The number of alkyl halides is 3. The molecular formula is C26H23F3N4O3. The third-order valence-corrected chi connectivity index (χ3v) is 6.56. The molecule has 3 N–H and O–H groups in total. The SMILES string of the molecule is C[C@](N)(CCc1ccc2c(c1)CCc1c-2noc1-c1cnn(-c2ccccc2)c1C(F)(F)F)C(=O)O. The largest absolute Gasteiger partial charge is 0.480 e. The Morgan fingerprint density at radius 3 is 2.58 bits per heavy atom. The van der Waals surface area contributed by atoms with Crippen LogP contribution in [0.25, 0.3) is 28.3 Å². The molecule has 1 aliphatic carbocycles. The molecular weight excluding hydrogens is 473 g/mol.